The molecule has 1 aromatic carbocycles. The molecule has 0 heterocycles. The number of aliphatic hydroxyl groups excluding tert-OH is 1. The molecule has 0 spiro atoms. The van der Waals surface area contributed by atoms with Crippen LogP contribution in [0.4, 0.5) is 13.2 Å². The van der Waals surface area contributed by atoms with E-state index in [2.05, 4.69) is 21.2 Å². The number of amides is 1. The number of nitrogens with one attached hydrogen (secondary N) is 1. The molecule has 0 bridgehead atoms. The molecular formula is C12H13BrF3NO2. The zero-order valence-electron chi connectivity index (χ0n) is 10.1. The number of aliphatic hydroxyl groups is 1. The first-order chi connectivity index (χ1) is 8.71. The second-order valence-electron chi connectivity index (χ2n) is 4.08. The van der Waals surface area contributed by atoms with E-state index in [1.165, 1.54) is 13.0 Å². The van der Waals surface area contributed by atoms with Crippen LogP contribution in [-0.2, 0) is 6.18 Å². The summed E-state index contributed by atoms with van der Waals surface area (Å²) in [7, 11) is 0. The van der Waals surface area contributed by atoms with Gasteiger partial charge in [-0.05, 0) is 31.5 Å². The number of hydrogen-bond donors (Lipinski definition) is 2. The first-order valence-corrected chi connectivity index (χ1v) is 6.34. The van der Waals surface area contributed by atoms with Gasteiger partial charge in [-0.25, -0.2) is 0 Å². The first-order valence-electron chi connectivity index (χ1n) is 5.55. The summed E-state index contributed by atoms with van der Waals surface area (Å²) >= 11 is 2.94. The number of carbonyl (C=O) groups excluding carboxylic acids is 1. The minimum Gasteiger partial charge on any atom is -0.393 e. The Kier molecular flexibility index (Phi) is 5.37. The Morgan fingerprint density at radius 3 is 2.63 bits per heavy atom. The van der Waals surface area contributed by atoms with Crippen molar-refractivity contribution in [1.82, 2.24) is 5.32 Å². The fourth-order valence-corrected chi connectivity index (χ4v) is 1.80. The molecule has 0 aliphatic carbocycles. The Bertz CT molecular complexity index is 461. The molecule has 3 nitrogen and oxygen atoms in total. The second kappa shape index (κ2) is 6.38. The molecule has 0 saturated carbocycles. The minimum atomic E-state index is -4.60. The number of rotatable bonds is 4. The Hall–Kier alpha value is -1.08. The van der Waals surface area contributed by atoms with Gasteiger partial charge in [0.2, 0.25) is 0 Å². The van der Waals surface area contributed by atoms with E-state index in [1.807, 2.05) is 0 Å². The van der Waals surface area contributed by atoms with Gasteiger partial charge in [-0.2, -0.15) is 13.2 Å². The molecule has 0 aliphatic heterocycles. The van der Waals surface area contributed by atoms with Gasteiger partial charge in [-0.15, -0.1) is 0 Å². The summed E-state index contributed by atoms with van der Waals surface area (Å²) in [4.78, 5) is 11.7. The molecule has 0 fully saturated rings. The largest absolute Gasteiger partial charge is 0.417 e. The molecule has 0 radical (unpaired) electrons. The third-order valence-electron chi connectivity index (χ3n) is 2.38. The van der Waals surface area contributed by atoms with Gasteiger partial charge >= 0.3 is 6.18 Å². The fourth-order valence-electron chi connectivity index (χ4n) is 1.44. The SMILES string of the molecule is C[C@@H](O)CCNC(=O)c1ccc(Br)cc1C(F)(F)F. The lowest BCUT2D eigenvalue weighted by Crippen LogP contribution is -2.28. The van der Waals surface area contributed by atoms with Crippen LogP contribution in [0.25, 0.3) is 0 Å². The minimum absolute atomic E-state index is 0.115. The van der Waals surface area contributed by atoms with E-state index in [1.54, 1.807) is 0 Å². The zero-order valence-corrected chi connectivity index (χ0v) is 11.7. The predicted molar refractivity (Wildman–Crippen MR) is 67.8 cm³/mol. The molecule has 0 aromatic heterocycles. The van der Waals surface area contributed by atoms with Crippen molar-refractivity contribution in [2.24, 2.45) is 0 Å². The molecule has 1 atom stereocenters. The number of hydrogen-bond acceptors (Lipinski definition) is 2. The quantitative estimate of drug-likeness (QED) is 0.885. The average Bonchev–Trinajstić information content (AvgIpc) is 2.27. The van der Waals surface area contributed by atoms with Crippen LogP contribution in [0.15, 0.2) is 22.7 Å². The number of carbonyl (C=O) groups is 1. The summed E-state index contributed by atoms with van der Waals surface area (Å²) < 4.78 is 38.6. The van der Waals surface area contributed by atoms with Gasteiger partial charge < -0.3 is 10.4 Å². The zero-order chi connectivity index (χ0) is 14.6. The molecule has 19 heavy (non-hydrogen) atoms. The van der Waals surface area contributed by atoms with Crippen LogP contribution in [0.5, 0.6) is 0 Å². The van der Waals surface area contributed by atoms with Crippen molar-refractivity contribution in [1.29, 1.82) is 0 Å². The maximum absolute atomic E-state index is 12.8. The Balaban J connectivity index is 2.91. The maximum atomic E-state index is 12.8. The predicted octanol–water partition coefficient (Wildman–Crippen LogP) is 2.97. The third kappa shape index (κ3) is 4.83. The summed E-state index contributed by atoms with van der Waals surface area (Å²) in [6, 6.07) is 3.35. The van der Waals surface area contributed by atoms with E-state index in [4.69, 9.17) is 5.11 Å². The summed E-state index contributed by atoms with van der Waals surface area (Å²) in [5.74, 6) is -0.805. The van der Waals surface area contributed by atoms with Gasteiger partial charge in [0.1, 0.15) is 0 Å². The highest BCUT2D eigenvalue weighted by Crippen LogP contribution is 2.33. The van der Waals surface area contributed by atoms with Crippen LogP contribution in [0.3, 0.4) is 0 Å². The molecule has 1 amide bonds. The van der Waals surface area contributed by atoms with Crippen molar-refractivity contribution in [3.05, 3.63) is 33.8 Å². The van der Waals surface area contributed by atoms with Gasteiger partial charge in [0.05, 0.1) is 17.2 Å². The van der Waals surface area contributed by atoms with E-state index < -0.39 is 29.3 Å². The molecule has 2 N–H and O–H groups in total. The fraction of sp³-hybridized carbons (Fsp3) is 0.417. The van der Waals surface area contributed by atoms with E-state index >= 15 is 0 Å². The summed E-state index contributed by atoms with van der Waals surface area (Å²) in [5.41, 5.74) is -1.42. The molecule has 1 rings (SSSR count). The van der Waals surface area contributed by atoms with Crippen molar-refractivity contribution < 1.29 is 23.1 Å². The first kappa shape index (κ1) is 16.0. The van der Waals surface area contributed by atoms with Crippen molar-refractivity contribution in [2.75, 3.05) is 6.54 Å². The molecule has 0 aliphatic rings. The molecule has 0 unspecified atom stereocenters. The average molecular weight is 340 g/mol. The van der Waals surface area contributed by atoms with Crippen LogP contribution in [-0.4, -0.2) is 23.7 Å². The Labute approximate surface area is 116 Å². The lowest BCUT2D eigenvalue weighted by Gasteiger charge is -2.13. The monoisotopic (exact) mass is 339 g/mol. The third-order valence-corrected chi connectivity index (χ3v) is 2.87. The standard InChI is InChI=1S/C12H13BrF3NO2/c1-7(18)4-5-17-11(19)9-3-2-8(13)6-10(9)12(14,15)16/h2-3,6-7,18H,4-5H2,1H3,(H,17,19)/t7-/m1/s1. The van der Waals surface area contributed by atoms with Crippen LogP contribution in [0.2, 0.25) is 0 Å². The second-order valence-corrected chi connectivity index (χ2v) is 5.00. The highest BCUT2D eigenvalue weighted by atomic mass is 79.9. The lowest BCUT2D eigenvalue weighted by atomic mass is 10.1. The van der Waals surface area contributed by atoms with E-state index in [-0.39, 0.29) is 17.4 Å². The van der Waals surface area contributed by atoms with Crippen molar-refractivity contribution in [3.8, 4) is 0 Å². The van der Waals surface area contributed by atoms with Gasteiger partial charge in [-0.3, -0.25) is 4.79 Å². The molecule has 106 valence electrons. The topological polar surface area (TPSA) is 49.3 Å². The summed E-state index contributed by atoms with van der Waals surface area (Å²) in [6.07, 6.45) is -4.93. The number of alkyl halides is 3. The van der Waals surface area contributed by atoms with Gasteiger partial charge in [-0.1, -0.05) is 15.9 Å². The Morgan fingerprint density at radius 1 is 1.47 bits per heavy atom. The molecule has 1 aromatic rings. The van der Waals surface area contributed by atoms with Crippen LogP contribution in [0.1, 0.15) is 29.3 Å². The molecular weight excluding hydrogens is 327 g/mol. The number of benzene rings is 1. The molecule has 7 heteroatoms. The summed E-state index contributed by atoms with van der Waals surface area (Å²) in [5, 5.41) is 11.4. The molecule has 0 saturated heterocycles. The smallest absolute Gasteiger partial charge is 0.393 e. The van der Waals surface area contributed by atoms with E-state index in [0.29, 0.717) is 0 Å². The Morgan fingerprint density at radius 2 is 2.11 bits per heavy atom. The summed E-state index contributed by atoms with van der Waals surface area (Å²) in [6.45, 7) is 1.65. The van der Waals surface area contributed by atoms with E-state index in [0.717, 1.165) is 12.1 Å². The van der Waals surface area contributed by atoms with Crippen LogP contribution < -0.4 is 5.32 Å². The maximum Gasteiger partial charge on any atom is 0.417 e. The van der Waals surface area contributed by atoms with Gasteiger partial charge in [0, 0.05) is 11.0 Å². The van der Waals surface area contributed by atoms with Gasteiger partial charge in [0.15, 0.2) is 0 Å². The van der Waals surface area contributed by atoms with Crippen molar-refractivity contribution in [2.45, 2.75) is 25.6 Å². The lowest BCUT2D eigenvalue weighted by molar-refractivity contribution is -0.138. The van der Waals surface area contributed by atoms with Crippen LogP contribution >= 0.6 is 15.9 Å². The van der Waals surface area contributed by atoms with Gasteiger partial charge in [0.25, 0.3) is 5.91 Å². The van der Waals surface area contributed by atoms with Crippen LogP contribution in [0, 0.1) is 0 Å². The number of halogens is 4. The van der Waals surface area contributed by atoms with Crippen molar-refractivity contribution >= 4 is 21.8 Å². The normalized spacial score (nSPS) is 13.2. The highest BCUT2D eigenvalue weighted by molar-refractivity contribution is 9.10. The van der Waals surface area contributed by atoms with E-state index in [9.17, 15) is 18.0 Å². The highest BCUT2D eigenvalue weighted by Gasteiger charge is 2.35. The van der Waals surface area contributed by atoms with Crippen molar-refractivity contribution in [3.63, 3.8) is 0 Å².